The van der Waals surface area contributed by atoms with Gasteiger partial charge in [0.15, 0.2) is 11.5 Å². The number of aryl methyl sites for hydroxylation is 2. The third kappa shape index (κ3) is 4.19. The number of anilines is 1. The normalized spacial score (nSPS) is 13.1. The number of ether oxygens (including phenoxy) is 1. The molecule has 3 rings (SSSR count). The summed E-state index contributed by atoms with van der Waals surface area (Å²) in [5.74, 6) is -0.252. The predicted octanol–water partition coefficient (Wildman–Crippen LogP) is 2.46. The van der Waals surface area contributed by atoms with E-state index >= 15 is 0 Å². The maximum absolute atomic E-state index is 12.9. The van der Waals surface area contributed by atoms with E-state index in [0.29, 0.717) is 31.2 Å². The van der Waals surface area contributed by atoms with Crippen LogP contribution in [0.5, 0.6) is 0 Å². The molecule has 2 aromatic rings. The molecule has 0 aliphatic carbocycles. The molecular formula is C20H26N4O3. The average molecular weight is 370 g/mol. The lowest BCUT2D eigenvalue weighted by molar-refractivity contribution is 0.0921. The number of hydrogen-bond donors (Lipinski definition) is 2. The molecule has 1 aromatic heterocycles. The van der Waals surface area contributed by atoms with Gasteiger partial charge in [-0.1, -0.05) is 12.1 Å². The smallest absolute Gasteiger partial charge is 0.287 e. The van der Waals surface area contributed by atoms with Gasteiger partial charge in [-0.3, -0.25) is 9.59 Å². The predicted molar refractivity (Wildman–Crippen MR) is 103 cm³/mol. The van der Waals surface area contributed by atoms with Crippen LogP contribution in [0.15, 0.2) is 18.2 Å². The van der Waals surface area contributed by atoms with Crippen molar-refractivity contribution < 1.29 is 14.3 Å². The number of aromatic nitrogens is 2. The van der Waals surface area contributed by atoms with E-state index in [1.807, 2.05) is 36.6 Å². The SMILES string of the molecule is COCCNC(=O)c1nc(C(=O)Nc2cc(C)ccc2C)c2n1CCCC2. The van der Waals surface area contributed by atoms with E-state index in [2.05, 4.69) is 15.6 Å². The Morgan fingerprint density at radius 2 is 2.04 bits per heavy atom. The highest BCUT2D eigenvalue weighted by atomic mass is 16.5. The molecule has 2 N–H and O–H groups in total. The third-order valence-electron chi connectivity index (χ3n) is 4.77. The van der Waals surface area contributed by atoms with Crippen LogP contribution < -0.4 is 10.6 Å². The second-order valence-electron chi connectivity index (χ2n) is 6.86. The summed E-state index contributed by atoms with van der Waals surface area (Å²) in [6.45, 7) is 5.47. The molecule has 1 aliphatic heterocycles. The molecule has 7 nitrogen and oxygen atoms in total. The lowest BCUT2D eigenvalue weighted by Crippen LogP contribution is -2.30. The summed E-state index contributed by atoms with van der Waals surface area (Å²) in [5.41, 5.74) is 4.00. The number of nitrogens with one attached hydrogen (secondary N) is 2. The Bertz CT molecular complexity index is 857. The standard InChI is InChI=1S/C20H26N4O3/c1-13-7-8-14(2)15(12-13)22-19(25)17-16-6-4-5-10-24(16)18(23-17)20(26)21-9-11-27-3/h7-8,12H,4-6,9-11H2,1-3H3,(H,21,26)(H,22,25). The quantitative estimate of drug-likeness (QED) is 0.765. The number of carbonyl (C=O) groups is 2. The van der Waals surface area contributed by atoms with Gasteiger partial charge < -0.3 is 19.9 Å². The fourth-order valence-corrected chi connectivity index (χ4v) is 3.30. The number of benzene rings is 1. The second kappa shape index (κ2) is 8.35. The Morgan fingerprint density at radius 1 is 1.22 bits per heavy atom. The van der Waals surface area contributed by atoms with Crippen molar-refractivity contribution in [3.05, 3.63) is 46.5 Å². The molecular weight excluding hydrogens is 344 g/mol. The second-order valence-corrected chi connectivity index (χ2v) is 6.86. The van der Waals surface area contributed by atoms with Gasteiger partial charge in [0.2, 0.25) is 0 Å². The number of rotatable bonds is 6. The van der Waals surface area contributed by atoms with E-state index in [1.54, 1.807) is 7.11 Å². The Morgan fingerprint density at radius 3 is 2.81 bits per heavy atom. The first-order chi connectivity index (χ1) is 13.0. The van der Waals surface area contributed by atoms with Crippen molar-refractivity contribution in [1.82, 2.24) is 14.9 Å². The molecule has 144 valence electrons. The molecule has 0 bridgehead atoms. The number of amides is 2. The summed E-state index contributed by atoms with van der Waals surface area (Å²) in [5, 5.41) is 5.75. The summed E-state index contributed by atoms with van der Waals surface area (Å²) in [6.07, 6.45) is 2.70. The average Bonchev–Trinajstić information content (AvgIpc) is 3.05. The van der Waals surface area contributed by atoms with Crippen molar-refractivity contribution in [2.45, 2.75) is 39.7 Å². The van der Waals surface area contributed by atoms with E-state index in [1.165, 1.54) is 0 Å². The van der Waals surface area contributed by atoms with Crippen LogP contribution >= 0.6 is 0 Å². The van der Waals surface area contributed by atoms with Gasteiger partial charge in [0.1, 0.15) is 0 Å². The molecule has 0 radical (unpaired) electrons. The number of imidazole rings is 1. The van der Waals surface area contributed by atoms with Gasteiger partial charge in [0.05, 0.1) is 12.3 Å². The fourth-order valence-electron chi connectivity index (χ4n) is 3.30. The summed E-state index contributed by atoms with van der Waals surface area (Å²) in [6, 6.07) is 5.92. The number of nitrogens with zero attached hydrogens (tertiary/aromatic N) is 2. The molecule has 0 fully saturated rings. The van der Waals surface area contributed by atoms with Crippen LogP contribution in [-0.4, -0.2) is 41.6 Å². The molecule has 0 saturated carbocycles. The first-order valence-corrected chi connectivity index (χ1v) is 9.26. The Balaban J connectivity index is 1.87. The Hall–Kier alpha value is -2.67. The maximum atomic E-state index is 12.9. The van der Waals surface area contributed by atoms with Crippen LogP contribution in [-0.2, 0) is 17.7 Å². The van der Waals surface area contributed by atoms with Crippen LogP contribution in [0.25, 0.3) is 0 Å². The molecule has 2 heterocycles. The number of carbonyl (C=O) groups excluding carboxylic acids is 2. The highest BCUT2D eigenvalue weighted by Crippen LogP contribution is 2.23. The number of hydrogen-bond acceptors (Lipinski definition) is 4. The largest absolute Gasteiger partial charge is 0.383 e. The first kappa shape index (κ1) is 19.1. The zero-order chi connectivity index (χ0) is 19.4. The summed E-state index contributed by atoms with van der Waals surface area (Å²) < 4.78 is 6.84. The number of fused-ring (bicyclic) bond motifs is 1. The van der Waals surface area contributed by atoms with E-state index in [0.717, 1.165) is 41.8 Å². The van der Waals surface area contributed by atoms with E-state index in [9.17, 15) is 9.59 Å². The van der Waals surface area contributed by atoms with Crippen LogP contribution in [0.3, 0.4) is 0 Å². The van der Waals surface area contributed by atoms with E-state index in [4.69, 9.17) is 4.74 Å². The van der Waals surface area contributed by atoms with Gasteiger partial charge in [0.25, 0.3) is 11.8 Å². The van der Waals surface area contributed by atoms with Crippen LogP contribution in [0.4, 0.5) is 5.69 Å². The maximum Gasteiger partial charge on any atom is 0.287 e. The molecule has 0 spiro atoms. The van der Waals surface area contributed by atoms with Crippen molar-refractivity contribution in [3.8, 4) is 0 Å². The molecule has 1 aromatic carbocycles. The monoisotopic (exact) mass is 370 g/mol. The van der Waals surface area contributed by atoms with Gasteiger partial charge in [-0.25, -0.2) is 4.98 Å². The molecule has 2 amide bonds. The lowest BCUT2D eigenvalue weighted by Gasteiger charge is -2.17. The molecule has 0 unspecified atom stereocenters. The minimum Gasteiger partial charge on any atom is -0.383 e. The van der Waals surface area contributed by atoms with Crippen molar-refractivity contribution in [2.75, 3.05) is 25.6 Å². The molecule has 27 heavy (non-hydrogen) atoms. The van der Waals surface area contributed by atoms with Gasteiger partial charge in [-0.2, -0.15) is 0 Å². The highest BCUT2D eigenvalue weighted by molar-refractivity contribution is 6.05. The van der Waals surface area contributed by atoms with Crippen molar-refractivity contribution in [1.29, 1.82) is 0 Å². The first-order valence-electron chi connectivity index (χ1n) is 9.26. The lowest BCUT2D eigenvalue weighted by atomic mass is 10.1. The van der Waals surface area contributed by atoms with Gasteiger partial charge in [-0.15, -0.1) is 0 Å². The minimum absolute atomic E-state index is 0.273. The van der Waals surface area contributed by atoms with E-state index < -0.39 is 0 Å². The van der Waals surface area contributed by atoms with Crippen molar-refractivity contribution in [2.24, 2.45) is 0 Å². The van der Waals surface area contributed by atoms with Crippen molar-refractivity contribution in [3.63, 3.8) is 0 Å². The fraction of sp³-hybridized carbons (Fsp3) is 0.450. The molecule has 7 heteroatoms. The topological polar surface area (TPSA) is 85.2 Å². The number of methoxy groups -OCH3 is 1. The summed E-state index contributed by atoms with van der Waals surface area (Å²) >= 11 is 0. The van der Waals surface area contributed by atoms with E-state index in [-0.39, 0.29) is 11.8 Å². The Kier molecular flexibility index (Phi) is 5.91. The molecule has 0 saturated heterocycles. The summed E-state index contributed by atoms with van der Waals surface area (Å²) in [4.78, 5) is 29.8. The van der Waals surface area contributed by atoms with Crippen molar-refractivity contribution >= 4 is 17.5 Å². The van der Waals surface area contributed by atoms with Crippen LogP contribution in [0, 0.1) is 13.8 Å². The van der Waals surface area contributed by atoms with Crippen LogP contribution in [0.1, 0.15) is 50.8 Å². The zero-order valence-corrected chi connectivity index (χ0v) is 16.1. The zero-order valence-electron chi connectivity index (χ0n) is 16.1. The Labute approximate surface area is 159 Å². The summed E-state index contributed by atoms with van der Waals surface area (Å²) in [7, 11) is 1.58. The van der Waals surface area contributed by atoms with Gasteiger partial charge in [-0.05, 0) is 50.3 Å². The van der Waals surface area contributed by atoms with Gasteiger partial charge >= 0.3 is 0 Å². The molecule has 0 atom stereocenters. The van der Waals surface area contributed by atoms with Crippen LogP contribution in [0.2, 0.25) is 0 Å². The third-order valence-corrected chi connectivity index (χ3v) is 4.77. The van der Waals surface area contributed by atoms with Gasteiger partial charge in [0, 0.05) is 25.9 Å². The highest BCUT2D eigenvalue weighted by Gasteiger charge is 2.27. The molecule has 1 aliphatic rings. The minimum atomic E-state index is -0.277.